The van der Waals surface area contributed by atoms with E-state index in [1.54, 1.807) is 0 Å². The molecule has 0 bridgehead atoms. The molecule has 0 radical (unpaired) electrons. The van der Waals surface area contributed by atoms with Crippen molar-refractivity contribution in [3.63, 3.8) is 0 Å². The molecule has 2 nitrogen and oxygen atoms in total. The maximum Gasteiger partial charge on any atom is 0.0297 e. The lowest BCUT2D eigenvalue weighted by Crippen LogP contribution is -2.40. The average molecular weight is 258 g/mol. The minimum Gasteiger partial charge on any atom is -0.306 e. The van der Waals surface area contributed by atoms with Crippen molar-refractivity contribution in [2.24, 2.45) is 0 Å². The molecule has 0 aliphatic carbocycles. The summed E-state index contributed by atoms with van der Waals surface area (Å²) in [4.78, 5) is 2.67. The minimum atomic E-state index is 0.464. The highest BCUT2D eigenvalue weighted by atomic mass is 15.2. The predicted octanol–water partition coefficient (Wildman–Crippen LogP) is 3.19. The van der Waals surface area contributed by atoms with Crippen molar-refractivity contribution in [1.82, 2.24) is 10.2 Å². The number of hydrogen-bond acceptors (Lipinski definition) is 2. The van der Waals surface area contributed by atoms with E-state index in [4.69, 9.17) is 0 Å². The van der Waals surface area contributed by atoms with Gasteiger partial charge in [-0.2, -0.15) is 0 Å². The van der Waals surface area contributed by atoms with Crippen LogP contribution >= 0.6 is 0 Å². The summed E-state index contributed by atoms with van der Waals surface area (Å²) in [5, 5.41) is 3.89. The van der Waals surface area contributed by atoms with Crippen molar-refractivity contribution in [3.8, 4) is 0 Å². The van der Waals surface area contributed by atoms with E-state index >= 15 is 0 Å². The molecular formula is C17H26N2. The Kier molecular flexibility index (Phi) is 3.64. The first kappa shape index (κ1) is 13.1. The van der Waals surface area contributed by atoms with E-state index in [1.807, 2.05) is 0 Å². The smallest absolute Gasteiger partial charge is 0.0297 e. The number of benzene rings is 1. The molecule has 3 unspecified atom stereocenters. The first-order valence-corrected chi connectivity index (χ1v) is 7.72. The molecule has 2 aliphatic rings. The fraction of sp³-hybridized carbons (Fsp3) is 0.647. The molecule has 1 aromatic rings. The van der Waals surface area contributed by atoms with Gasteiger partial charge in [0.15, 0.2) is 0 Å². The van der Waals surface area contributed by atoms with Gasteiger partial charge in [0, 0.05) is 24.7 Å². The highest BCUT2D eigenvalue weighted by molar-refractivity contribution is 5.32. The highest BCUT2D eigenvalue weighted by Crippen LogP contribution is 2.30. The maximum atomic E-state index is 3.89. The Labute approximate surface area is 117 Å². The topological polar surface area (TPSA) is 15.3 Å². The van der Waals surface area contributed by atoms with Crippen LogP contribution in [0.3, 0.4) is 0 Å². The van der Waals surface area contributed by atoms with Gasteiger partial charge in [-0.1, -0.05) is 23.8 Å². The first-order valence-electron chi connectivity index (χ1n) is 7.72. The Hall–Kier alpha value is -0.860. The van der Waals surface area contributed by atoms with E-state index in [-0.39, 0.29) is 0 Å². The second-order valence-corrected chi connectivity index (χ2v) is 6.39. The van der Waals surface area contributed by atoms with Crippen LogP contribution in [0.2, 0.25) is 0 Å². The molecule has 3 atom stereocenters. The van der Waals surface area contributed by atoms with Crippen LogP contribution in [0.15, 0.2) is 18.2 Å². The zero-order valence-corrected chi connectivity index (χ0v) is 12.4. The normalized spacial score (nSPS) is 28.6. The van der Waals surface area contributed by atoms with Crippen molar-refractivity contribution in [1.29, 1.82) is 0 Å². The Morgan fingerprint density at radius 1 is 1.21 bits per heavy atom. The van der Waals surface area contributed by atoms with Crippen LogP contribution in [-0.4, -0.2) is 30.1 Å². The van der Waals surface area contributed by atoms with E-state index in [2.05, 4.69) is 49.2 Å². The number of nitrogens with one attached hydrogen (secondary N) is 1. The fourth-order valence-corrected chi connectivity index (χ4v) is 4.00. The van der Waals surface area contributed by atoms with Crippen LogP contribution in [0, 0.1) is 13.8 Å². The lowest BCUT2D eigenvalue weighted by molar-refractivity contribution is 0.291. The molecule has 1 N–H and O–H groups in total. The quantitative estimate of drug-likeness (QED) is 0.895. The van der Waals surface area contributed by atoms with E-state index in [0.29, 0.717) is 12.1 Å². The summed E-state index contributed by atoms with van der Waals surface area (Å²) in [7, 11) is 0. The van der Waals surface area contributed by atoms with Crippen LogP contribution in [0.1, 0.15) is 48.9 Å². The minimum absolute atomic E-state index is 0.464. The van der Waals surface area contributed by atoms with Crippen molar-refractivity contribution in [2.45, 2.75) is 58.2 Å². The average Bonchev–Trinajstić information content (AvgIpc) is 2.94. The summed E-state index contributed by atoms with van der Waals surface area (Å²) in [5.41, 5.74) is 4.24. The second kappa shape index (κ2) is 5.26. The number of aryl methyl sites for hydroxylation is 2. The first-order chi connectivity index (χ1) is 9.15. The summed E-state index contributed by atoms with van der Waals surface area (Å²) >= 11 is 0. The standard InChI is InChI=1S/C17H26N2/c1-12-6-7-15(13(2)11-12)14(3)18-16-8-10-19-9-4-5-17(16)19/h6-7,11,14,16-18H,4-5,8-10H2,1-3H3. The van der Waals surface area contributed by atoms with E-state index in [9.17, 15) is 0 Å². The van der Waals surface area contributed by atoms with E-state index in [0.717, 1.165) is 6.04 Å². The number of nitrogens with zero attached hydrogens (tertiary/aromatic N) is 1. The van der Waals surface area contributed by atoms with Crippen molar-refractivity contribution < 1.29 is 0 Å². The number of hydrogen-bond donors (Lipinski definition) is 1. The summed E-state index contributed by atoms with van der Waals surface area (Å²) in [6.45, 7) is 9.33. The number of fused-ring (bicyclic) bond motifs is 1. The molecule has 104 valence electrons. The molecule has 2 heteroatoms. The molecule has 2 aliphatic heterocycles. The largest absolute Gasteiger partial charge is 0.306 e. The molecule has 0 saturated carbocycles. The van der Waals surface area contributed by atoms with Gasteiger partial charge in [-0.05, 0) is 57.7 Å². The zero-order valence-electron chi connectivity index (χ0n) is 12.4. The van der Waals surface area contributed by atoms with Gasteiger partial charge >= 0.3 is 0 Å². The lowest BCUT2D eigenvalue weighted by Gasteiger charge is -2.26. The van der Waals surface area contributed by atoms with Gasteiger partial charge in [-0.25, -0.2) is 0 Å². The molecule has 19 heavy (non-hydrogen) atoms. The van der Waals surface area contributed by atoms with E-state index < -0.39 is 0 Å². The fourth-order valence-electron chi connectivity index (χ4n) is 4.00. The van der Waals surface area contributed by atoms with Crippen LogP contribution in [0.25, 0.3) is 0 Å². The van der Waals surface area contributed by atoms with Crippen LogP contribution in [0.4, 0.5) is 0 Å². The van der Waals surface area contributed by atoms with Crippen LogP contribution < -0.4 is 5.32 Å². The van der Waals surface area contributed by atoms with Gasteiger partial charge in [0.2, 0.25) is 0 Å². The molecule has 0 amide bonds. The molecular weight excluding hydrogens is 232 g/mol. The zero-order chi connectivity index (χ0) is 13.4. The monoisotopic (exact) mass is 258 g/mol. The number of rotatable bonds is 3. The summed E-state index contributed by atoms with van der Waals surface area (Å²) in [6, 6.07) is 8.78. The molecule has 1 aromatic carbocycles. The second-order valence-electron chi connectivity index (χ2n) is 6.39. The van der Waals surface area contributed by atoms with Gasteiger partial charge in [0.1, 0.15) is 0 Å². The summed E-state index contributed by atoms with van der Waals surface area (Å²) < 4.78 is 0. The Morgan fingerprint density at radius 3 is 2.84 bits per heavy atom. The Morgan fingerprint density at radius 2 is 2.05 bits per heavy atom. The molecule has 0 aromatic heterocycles. The summed E-state index contributed by atoms with van der Waals surface area (Å²) in [6.07, 6.45) is 4.10. The Bertz CT molecular complexity index is 455. The third-order valence-electron chi connectivity index (χ3n) is 4.96. The van der Waals surface area contributed by atoms with Crippen molar-refractivity contribution >= 4 is 0 Å². The predicted molar refractivity (Wildman–Crippen MR) is 80.5 cm³/mol. The van der Waals surface area contributed by atoms with Crippen molar-refractivity contribution in [2.75, 3.05) is 13.1 Å². The Balaban J connectivity index is 1.69. The molecule has 2 saturated heterocycles. The third kappa shape index (κ3) is 2.56. The molecule has 2 heterocycles. The van der Waals surface area contributed by atoms with Gasteiger partial charge in [0.25, 0.3) is 0 Å². The van der Waals surface area contributed by atoms with E-state index in [1.165, 1.54) is 49.0 Å². The van der Waals surface area contributed by atoms with Gasteiger partial charge in [-0.15, -0.1) is 0 Å². The third-order valence-corrected chi connectivity index (χ3v) is 4.96. The molecule has 0 spiro atoms. The maximum absolute atomic E-state index is 3.89. The van der Waals surface area contributed by atoms with Gasteiger partial charge in [0.05, 0.1) is 0 Å². The summed E-state index contributed by atoms with van der Waals surface area (Å²) in [5.74, 6) is 0. The van der Waals surface area contributed by atoms with Crippen LogP contribution in [-0.2, 0) is 0 Å². The molecule has 3 rings (SSSR count). The lowest BCUT2D eigenvalue weighted by atomic mass is 9.98. The van der Waals surface area contributed by atoms with Crippen LogP contribution in [0.5, 0.6) is 0 Å². The van der Waals surface area contributed by atoms with Crippen molar-refractivity contribution in [3.05, 3.63) is 34.9 Å². The SMILES string of the molecule is Cc1ccc(C(C)NC2CCN3CCCC23)c(C)c1. The molecule has 2 fully saturated rings. The van der Waals surface area contributed by atoms with Gasteiger partial charge in [-0.3, -0.25) is 4.90 Å². The highest BCUT2D eigenvalue weighted by Gasteiger charge is 2.37. The van der Waals surface area contributed by atoms with Gasteiger partial charge < -0.3 is 5.32 Å².